The largest absolute Gasteiger partial charge is 0.384 e. The Morgan fingerprint density at radius 3 is 2.51 bits per heavy atom. The number of rotatable bonds is 9. The molecule has 0 fully saturated rings. The van der Waals surface area contributed by atoms with Gasteiger partial charge in [-0.15, -0.1) is 0 Å². The Labute approximate surface area is 237 Å². The zero-order valence-corrected chi connectivity index (χ0v) is 23.5. The first-order valence-corrected chi connectivity index (χ1v) is 13.4. The Kier molecular flexibility index (Phi) is 7.17. The molecule has 0 aliphatic heterocycles. The van der Waals surface area contributed by atoms with Gasteiger partial charge in [-0.25, -0.2) is 9.37 Å². The monoisotopic (exact) mass is 549 g/mol. The molecule has 3 N–H and O–H groups in total. The van der Waals surface area contributed by atoms with Crippen LogP contribution < -0.4 is 5.32 Å². The maximum Gasteiger partial charge on any atom is 0.159 e. The lowest BCUT2D eigenvalue weighted by molar-refractivity contribution is 0.402. The van der Waals surface area contributed by atoms with Gasteiger partial charge in [-0.3, -0.25) is 15.1 Å². The molecule has 6 aromatic rings. The highest BCUT2D eigenvalue weighted by atomic mass is 19.1. The van der Waals surface area contributed by atoms with Crippen LogP contribution in [-0.2, 0) is 6.54 Å². The van der Waals surface area contributed by atoms with Crippen molar-refractivity contribution in [1.29, 1.82) is 0 Å². The fourth-order valence-corrected chi connectivity index (χ4v) is 5.00. The van der Waals surface area contributed by atoms with Crippen molar-refractivity contribution in [2.45, 2.75) is 6.54 Å². The van der Waals surface area contributed by atoms with Crippen molar-refractivity contribution in [3.63, 3.8) is 0 Å². The second kappa shape index (κ2) is 11.1. The first kappa shape index (κ1) is 26.5. The number of nitrogens with zero attached hydrogens (tertiary/aromatic N) is 6. The van der Waals surface area contributed by atoms with Crippen LogP contribution in [0.25, 0.3) is 55.7 Å². The number of nitrogens with one attached hydrogen (secondary N) is 3. The molecule has 9 nitrogen and oxygen atoms in total. The Hall–Kier alpha value is -4.67. The molecule has 0 bridgehead atoms. The Balaban J connectivity index is 1.37. The smallest absolute Gasteiger partial charge is 0.159 e. The van der Waals surface area contributed by atoms with Crippen LogP contribution in [-0.4, -0.2) is 81.2 Å². The molecule has 0 amide bonds. The number of halogens is 1. The molecule has 0 aliphatic rings. The van der Waals surface area contributed by atoms with Gasteiger partial charge in [-0.2, -0.15) is 5.10 Å². The third-order valence-corrected chi connectivity index (χ3v) is 6.91. The van der Waals surface area contributed by atoms with Crippen molar-refractivity contribution in [3.8, 4) is 33.8 Å². The summed E-state index contributed by atoms with van der Waals surface area (Å²) < 4.78 is 14.6. The summed E-state index contributed by atoms with van der Waals surface area (Å²) in [6.45, 7) is 2.35. The van der Waals surface area contributed by atoms with Crippen LogP contribution in [0.3, 0.4) is 0 Å². The molecule has 208 valence electrons. The van der Waals surface area contributed by atoms with Crippen LogP contribution in [0.5, 0.6) is 0 Å². The Morgan fingerprint density at radius 2 is 1.68 bits per heavy atom. The number of H-pyrrole nitrogens is 2. The van der Waals surface area contributed by atoms with Gasteiger partial charge in [0.05, 0.1) is 22.7 Å². The summed E-state index contributed by atoms with van der Waals surface area (Å²) in [6.07, 6.45) is 7.22. The molecule has 0 radical (unpaired) electrons. The number of hydrogen-bond acceptors (Lipinski definition) is 7. The highest BCUT2D eigenvalue weighted by molar-refractivity contribution is 5.98. The molecule has 0 atom stereocenters. The first-order valence-electron chi connectivity index (χ1n) is 13.4. The van der Waals surface area contributed by atoms with Gasteiger partial charge < -0.3 is 20.1 Å². The van der Waals surface area contributed by atoms with Crippen LogP contribution in [0.4, 0.5) is 10.1 Å². The van der Waals surface area contributed by atoms with Gasteiger partial charge in [0.2, 0.25) is 0 Å². The number of benzene rings is 2. The summed E-state index contributed by atoms with van der Waals surface area (Å²) in [5.41, 5.74) is 8.43. The maximum absolute atomic E-state index is 14.6. The van der Waals surface area contributed by atoms with E-state index < -0.39 is 0 Å². The molecule has 2 aromatic carbocycles. The maximum atomic E-state index is 14.6. The topological polar surface area (TPSA) is 102 Å². The van der Waals surface area contributed by atoms with Crippen molar-refractivity contribution >= 4 is 27.6 Å². The fraction of sp³-hybridized carbons (Fsp3) is 0.226. The highest BCUT2D eigenvalue weighted by Crippen LogP contribution is 2.34. The standard InChI is InChI=1S/C31H32FN9/c1-40(2)8-7-35-24-11-21(10-23(32)13-24)26-16-34-17-28-29(26)37-31(36-28)30-25-12-20(5-6-27(25)38-39-30)22-9-19(14-33-15-22)18-41(3)4/h5-6,9-17,35H,7-8,18H2,1-4H3,(H,36,37)(H,38,39). The lowest BCUT2D eigenvalue weighted by atomic mass is 10.0. The minimum atomic E-state index is -0.322. The van der Waals surface area contributed by atoms with E-state index in [0.717, 1.165) is 51.8 Å². The zero-order chi connectivity index (χ0) is 28.5. The quantitative estimate of drug-likeness (QED) is 0.222. The molecular formula is C31H32FN9. The normalized spacial score (nSPS) is 11.8. The van der Waals surface area contributed by atoms with E-state index in [1.165, 1.54) is 12.1 Å². The molecule has 4 aromatic heterocycles. The van der Waals surface area contributed by atoms with Crippen molar-refractivity contribution < 1.29 is 4.39 Å². The number of imidazole rings is 1. The molecule has 10 heteroatoms. The summed E-state index contributed by atoms with van der Waals surface area (Å²) >= 11 is 0. The minimum absolute atomic E-state index is 0.322. The van der Waals surface area contributed by atoms with E-state index >= 15 is 0 Å². The lowest BCUT2D eigenvalue weighted by Crippen LogP contribution is -2.20. The van der Waals surface area contributed by atoms with E-state index in [-0.39, 0.29) is 5.82 Å². The molecule has 0 aliphatic carbocycles. The molecule has 0 saturated carbocycles. The van der Waals surface area contributed by atoms with Crippen LogP contribution in [0.1, 0.15) is 5.56 Å². The van der Waals surface area contributed by atoms with Gasteiger partial charge in [-0.05, 0) is 81.3 Å². The van der Waals surface area contributed by atoms with Gasteiger partial charge in [0.25, 0.3) is 0 Å². The average molecular weight is 550 g/mol. The summed E-state index contributed by atoms with van der Waals surface area (Å²) in [6, 6.07) is 13.3. The third-order valence-electron chi connectivity index (χ3n) is 6.91. The van der Waals surface area contributed by atoms with Gasteiger partial charge in [0.15, 0.2) is 5.82 Å². The number of aromatic nitrogens is 6. The minimum Gasteiger partial charge on any atom is -0.384 e. The molecular weight excluding hydrogens is 517 g/mol. The molecule has 6 rings (SSSR count). The van der Waals surface area contributed by atoms with E-state index in [1.807, 2.05) is 52.7 Å². The number of fused-ring (bicyclic) bond motifs is 2. The third kappa shape index (κ3) is 5.65. The van der Waals surface area contributed by atoms with E-state index in [9.17, 15) is 4.39 Å². The van der Waals surface area contributed by atoms with Gasteiger partial charge in [0, 0.05) is 60.4 Å². The fourth-order valence-electron chi connectivity index (χ4n) is 5.00. The van der Waals surface area contributed by atoms with E-state index in [4.69, 9.17) is 4.98 Å². The van der Waals surface area contributed by atoms with Crippen molar-refractivity contribution in [2.75, 3.05) is 46.6 Å². The van der Waals surface area contributed by atoms with Crippen molar-refractivity contribution in [3.05, 3.63) is 78.6 Å². The summed E-state index contributed by atoms with van der Waals surface area (Å²) in [5, 5.41) is 12.0. The zero-order valence-electron chi connectivity index (χ0n) is 23.5. The van der Waals surface area contributed by atoms with Crippen LogP contribution in [0.2, 0.25) is 0 Å². The summed E-state index contributed by atoms with van der Waals surface area (Å²) in [5.74, 6) is 0.287. The Morgan fingerprint density at radius 1 is 0.829 bits per heavy atom. The number of hydrogen-bond donors (Lipinski definition) is 3. The first-order chi connectivity index (χ1) is 19.8. The van der Waals surface area contributed by atoms with E-state index in [0.29, 0.717) is 34.8 Å². The van der Waals surface area contributed by atoms with Gasteiger partial charge in [0.1, 0.15) is 11.5 Å². The molecule has 0 spiro atoms. The molecule has 0 saturated heterocycles. The predicted octanol–water partition coefficient (Wildman–Crippen LogP) is 5.40. The van der Waals surface area contributed by atoms with Crippen LogP contribution in [0.15, 0.2) is 67.3 Å². The molecule has 4 heterocycles. The predicted molar refractivity (Wildman–Crippen MR) is 162 cm³/mol. The SMILES string of the molecule is CN(C)CCNc1cc(F)cc(-c2cncc3[nH]c(-c4n[nH]c5ccc(-c6cncc(CN(C)C)c6)cc45)nc23)c1. The van der Waals surface area contributed by atoms with E-state index in [2.05, 4.69) is 58.5 Å². The lowest BCUT2D eigenvalue weighted by Gasteiger charge is -2.12. The number of anilines is 1. The Bertz CT molecular complexity index is 1840. The average Bonchev–Trinajstić information content (AvgIpc) is 3.56. The number of pyridine rings is 2. The highest BCUT2D eigenvalue weighted by Gasteiger charge is 2.17. The summed E-state index contributed by atoms with van der Waals surface area (Å²) in [4.78, 5) is 21.4. The van der Waals surface area contributed by atoms with Crippen LogP contribution >= 0.6 is 0 Å². The number of likely N-dealkylation sites (N-methyl/N-ethyl adjacent to an activating group) is 1. The second-order valence-electron chi connectivity index (χ2n) is 10.8. The van der Waals surface area contributed by atoms with Gasteiger partial charge in [-0.1, -0.05) is 6.07 Å². The van der Waals surface area contributed by atoms with E-state index in [1.54, 1.807) is 12.4 Å². The van der Waals surface area contributed by atoms with Gasteiger partial charge >= 0.3 is 0 Å². The molecule has 41 heavy (non-hydrogen) atoms. The van der Waals surface area contributed by atoms with Crippen molar-refractivity contribution in [1.82, 2.24) is 39.9 Å². The van der Waals surface area contributed by atoms with Crippen LogP contribution in [0, 0.1) is 5.82 Å². The summed E-state index contributed by atoms with van der Waals surface area (Å²) in [7, 11) is 8.10. The molecule has 0 unspecified atom stereocenters. The second-order valence-corrected chi connectivity index (χ2v) is 10.8. The van der Waals surface area contributed by atoms with Crippen molar-refractivity contribution in [2.24, 2.45) is 0 Å². The number of aromatic amines is 2.